The molecule has 3 aromatic rings. The number of piperidine rings is 1. The second-order valence-corrected chi connectivity index (χ2v) is 12.4. The lowest BCUT2D eigenvalue weighted by Crippen LogP contribution is -2.35. The molecule has 210 valence electrons. The Kier molecular flexibility index (Phi) is 6.23. The maximum absolute atomic E-state index is 13.1. The van der Waals surface area contributed by atoms with Gasteiger partial charge in [-0.15, -0.1) is 0 Å². The smallest absolute Gasteiger partial charge is 0.229 e. The second kappa shape index (κ2) is 12.1. The number of anilines is 4. The summed E-state index contributed by atoms with van der Waals surface area (Å²) in [6.45, 7) is 2.45. The molecule has 0 radical (unpaired) electrons. The number of halogens is 1. The van der Waals surface area contributed by atoms with Crippen molar-refractivity contribution in [3.63, 3.8) is 0 Å². The summed E-state index contributed by atoms with van der Waals surface area (Å²) < 4.78 is 98.8. The average Bonchev–Trinajstić information content (AvgIpc) is 2.87. The Morgan fingerprint density at radius 2 is 2.00 bits per heavy atom. The van der Waals surface area contributed by atoms with Gasteiger partial charge in [-0.2, -0.15) is 4.98 Å². The van der Waals surface area contributed by atoms with E-state index in [0.29, 0.717) is 0 Å². The Morgan fingerprint density at radius 1 is 1.23 bits per heavy atom. The molecule has 39 heavy (non-hydrogen) atoms. The number of sulfone groups is 1. The fourth-order valence-corrected chi connectivity index (χ4v) is 5.40. The molecular weight excluding hydrogens is 534 g/mol. The first kappa shape index (κ1) is 20.1. The number of nitrogens with one attached hydrogen (secondary N) is 3. The summed E-state index contributed by atoms with van der Waals surface area (Å²) in [5.41, 5.74) is 0.390. The second-order valence-electron chi connectivity index (χ2n) is 9.68. The maximum Gasteiger partial charge on any atom is 0.229 e. The number of nitrogens with zero attached hydrogens (tertiary/aromatic N) is 2. The van der Waals surface area contributed by atoms with Gasteiger partial charge in [0.2, 0.25) is 5.95 Å². The minimum Gasteiger partial charge on any atom is -0.489 e. The molecule has 0 amide bonds. The van der Waals surface area contributed by atoms with E-state index in [1.54, 1.807) is 6.07 Å². The first-order valence-electron chi connectivity index (χ1n) is 16.4. The molecule has 4 rings (SSSR count). The molecule has 0 bridgehead atoms. The molecule has 1 saturated heterocycles. The lowest BCUT2D eigenvalue weighted by atomic mass is 9.84. The van der Waals surface area contributed by atoms with Crippen molar-refractivity contribution in [2.24, 2.45) is 0 Å². The molecule has 0 spiro atoms. The van der Waals surface area contributed by atoms with Crippen molar-refractivity contribution in [2.75, 3.05) is 17.1 Å². The highest BCUT2D eigenvalue weighted by molar-refractivity contribution is 7.92. The standard InChI is InChI=1S/C29H38ClN5O3S/c1-17(2)38-26-15-22(21-11-12-31-20(6)14-21)19(5)13-25(26)34-29-32-16-23(30)28(35-29)33-24-9-7-8-10-27(24)39(36,37)18(3)4/h7-10,13,15-18,20-21,31H,11-12,14H2,1-6H3,(H2,32,33,34,35)/i5D3,12D2,17D,18D,20D. The third-order valence-corrected chi connectivity index (χ3v) is 8.35. The van der Waals surface area contributed by atoms with Gasteiger partial charge in [0.1, 0.15) is 10.8 Å². The van der Waals surface area contributed by atoms with Gasteiger partial charge in [-0.3, -0.25) is 0 Å². The van der Waals surface area contributed by atoms with Crippen LogP contribution in [0.3, 0.4) is 0 Å². The van der Waals surface area contributed by atoms with Crippen molar-refractivity contribution in [3.8, 4) is 5.75 Å². The minimum absolute atomic E-state index is 0.0113. The molecule has 0 aliphatic carbocycles. The van der Waals surface area contributed by atoms with Crippen LogP contribution in [-0.4, -0.2) is 42.2 Å². The van der Waals surface area contributed by atoms with Gasteiger partial charge in [-0.25, -0.2) is 13.4 Å². The third-order valence-electron chi connectivity index (χ3n) is 6.07. The van der Waals surface area contributed by atoms with Crippen LogP contribution in [0.1, 0.15) is 75.5 Å². The minimum atomic E-state index is -4.09. The van der Waals surface area contributed by atoms with Gasteiger partial charge >= 0.3 is 0 Å². The van der Waals surface area contributed by atoms with Crippen molar-refractivity contribution in [2.45, 2.75) is 82.4 Å². The summed E-state index contributed by atoms with van der Waals surface area (Å²) >= 11 is 6.39. The summed E-state index contributed by atoms with van der Waals surface area (Å²) in [5.74, 6) is -0.660. The Labute approximate surface area is 248 Å². The molecule has 2 heterocycles. The van der Waals surface area contributed by atoms with Gasteiger partial charge in [-0.05, 0) is 102 Å². The van der Waals surface area contributed by atoms with Crippen molar-refractivity contribution < 1.29 is 24.1 Å². The van der Waals surface area contributed by atoms with Crippen LogP contribution >= 0.6 is 11.6 Å². The normalized spacial score (nSPS) is 24.9. The summed E-state index contributed by atoms with van der Waals surface area (Å²) in [6.07, 6.45) is -0.192. The lowest BCUT2D eigenvalue weighted by Gasteiger charge is -2.30. The molecule has 8 nitrogen and oxygen atoms in total. The Balaban J connectivity index is 1.80. The van der Waals surface area contributed by atoms with Gasteiger partial charge in [0.25, 0.3) is 0 Å². The van der Waals surface area contributed by atoms with Crippen molar-refractivity contribution in [3.05, 3.63) is 58.7 Å². The third kappa shape index (κ3) is 6.83. The number of hydrogen-bond donors (Lipinski definition) is 3. The number of aromatic nitrogens is 2. The molecule has 1 fully saturated rings. The molecule has 2 aromatic carbocycles. The topological polar surface area (TPSA) is 105 Å². The van der Waals surface area contributed by atoms with Gasteiger partial charge in [-0.1, -0.05) is 23.7 Å². The fourth-order valence-electron chi connectivity index (χ4n) is 4.16. The quantitative estimate of drug-likeness (QED) is 0.256. The Hall–Kier alpha value is -2.88. The van der Waals surface area contributed by atoms with Crippen molar-refractivity contribution >= 4 is 44.6 Å². The summed E-state index contributed by atoms with van der Waals surface area (Å²) in [4.78, 5) is 8.46. The highest BCUT2D eigenvalue weighted by Crippen LogP contribution is 2.38. The SMILES string of the molecule is [2H]C1([2H])CC(c2cc(OC([2H])(C)C)c(Nc3ncc(Cl)c(Nc4ccccc4S(=O)(=O)C([2H])(C)C)n3)cc2C([2H])([2H])[2H])CC([2H])(C)N1. The first-order chi connectivity index (χ1) is 21.3. The van der Waals surface area contributed by atoms with E-state index in [1.807, 2.05) is 0 Å². The number of ether oxygens (including phenoxy) is 1. The molecular formula is C29H38ClN5O3S. The van der Waals surface area contributed by atoms with Crippen LogP contribution in [0, 0.1) is 6.85 Å². The van der Waals surface area contributed by atoms with E-state index in [-0.39, 0.29) is 62.8 Å². The fraction of sp³-hybridized carbons (Fsp3) is 0.448. The summed E-state index contributed by atoms with van der Waals surface area (Å²) in [7, 11) is -4.09. The van der Waals surface area contributed by atoms with Crippen LogP contribution in [-0.2, 0) is 9.84 Å². The highest BCUT2D eigenvalue weighted by Gasteiger charge is 2.25. The van der Waals surface area contributed by atoms with Crippen LogP contribution in [0.15, 0.2) is 47.5 Å². The van der Waals surface area contributed by atoms with E-state index in [2.05, 4.69) is 25.9 Å². The Bertz CT molecular complexity index is 1740. The van der Waals surface area contributed by atoms with E-state index < -0.39 is 46.4 Å². The van der Waals surface area contributed by atoms with Crippen LogP contribution < -0.4 is 20.7 Å². The number of para-hydroxylation sites is 1. The summed E-state index contributed by atoms with van der Waals surface area (Å²) in [6, 6.07) is 7.41. The highest BCUT2D eigenvalue weighted by atomic mass is 35.5. The van der Waals surface area contributed by atoms with Gasteiger partial charge < -0.3 is 20.7 Å². The van der Waals surface area contributed by atoms with E-state index in [4.69, 9.17) is 27.3 Å². The van der Waals surface area contributed by atoms with Crippen LogP contribution in [0.5, 0.6) is 5.75 Å². The zero-order chi connectivity index (χ0) is 35.4. The monoisotopic (exact) mass is 579 g/mol. The molecule has 0 saturated carbocycles. The summed E-state index contributed by atoms with van der Waals surface area (Å²) in [5, 5.41) is 6.69. The number of hydrogen-bond acceptors (Lipinski definition) is 8. The molecule has 2 atom stereocenters. The van der Waals surface area contributed by atoms with E-state index in [1.165, 1.54) is 71.1 Å². The zero-order valence-corrected chi connectivity index (χ0v) is 24.0. The maximum atomic E-state index is 13.1. The molecule has 1 aromatic heterocycles. The van der Waals surface area contributed by atoms with E-state index in [0.717, 1.165) is 0 Å². The lowest BCUT2D eigenvalue weighted by molar-refractivity contribution is 0.243. The predicted molar refractivity (Wildman–Crippen MR) is 159 cm³/mol. The largest absolute Gasteiger partial charge is 0.489 e. The number of rotatable bonds is 9. The molecule has 2 unspecified atom stereocenters. The molecule has 10 heteroatoms. The molecule has 3 N–H and O–H groups in total. The predicted octanol–water partition coefficient (Wildman–Crippen LogP) is 6.75. The average molecular weight is 580 g/mol. The Morgan fingerprint density at radius 3 is 2.69 bits per heavy atom. The van der Waals surface area contributed by atoms with E-state index in [9.17, 15) is 8.42 Å². The molecule has 1 aliphatic heterocycles. The van der Waals surface area contributed by atoms with Gasteiger partial charge in [0.05, 0.1) is 35.1 Å². The number of benzene rings is 2. The van der Waals surface area contributed by atoms with Crippen LogP contribution in [0.4, 0.5) is 23.1 Å². The van der Waals surface area contributed by atoms with Crippen LogP contribution in [0.25, 0.3) is 0 Å². The number of aryl methyl sites for hydroxylation is 1. The van der Waals surface area contributed by atoms with Gasteiger partial charge in [0, 0.05) is 15.6 Å². The zero-order valence-electron chi connectivity index (χ0n) is 30.4. The molecule has 1 aliphatic rings. The van der Waals surface area contributed by atoms with E-state index >= 15 is 0 Å². The first-order valence-corrected chi connectivity index (χ1v) is 14.2. The van der Waals surface area contributed by atoms with Crippen molar-refractivity contribution in [1.29, 1.82) is 0 Å². The van der Waals surface area contributed by atoms with Gasteiger partial charge in [0.15, 0.2) is 15.7 Å². The van der Waals surface area contributed by atoms with Crippen molar-refractivity contribution in [1.82, 2.24) is 15.3 Å². The van der Waals surface area contributed by atoms with Crippen LogP contribution in [0.2, 0.25) is 5.02 Å².